The summed E-state index contributed by atoms with van der Waals surface area (Å²) >= 11 is 0. The van der Waals surface area contributed by atoms with Crippen molar-refractivity contribution >= 4 is 17.9 Å². The van der Waals surface area contributed by atoms with Crippen molar-refractivity contribution in [2.75, 3.05) is 39.8 Å². The number of anilines is 1. The van der Waals surface area contributed by atoms with Gasteiger partial charge in [0.2, 0.25) is 0 Å². The van der Waals surface area contributed by atoms with Crippen LogP contribution in [-0.2, 0) is 9.53 Å². The van der Waals surface area contributed by atoms with Crippen LogP contribution in [0.5, 0.6) is 11.5 Å². The number of aldehydes is 1. The summed E-state index contributed by atoms with van der Waals surface area (Å²) < 4.78 is 15.5. The van der Waals surface area contributed by atoms with Gasteiger partial charge in [0, 0.05) is 45.0 Å². The van der Waals surface area contributed by atoms with Crippen molar-refractivity contribution < 1.29 is 23.8 Å². The number of amides is 1. The Kier molecular flexibility index (Phi) is 25.5. The first-order chi connectivity index (χ1) is 16.9. The molecule has 0 aromatic heterocycles. The van der Waals surface area contributed by atoms with Crippen molar-refractivity contribution in [2.45, 2.75) is 93.5 Å². The number of piperidine rings is 1. The summed E-state index contributed by atoms with van der Waals surface area (Å²) in [6.45, 7) is 17.1. The van der Waals surface area contributed by atoms with Crippen molar-refractivity contribution in [3.63, 3.8) is 0 Å². The van der Waals surface area contributed by atoms with Crippen molar-refractivity contribution in [3.05, 3.63) is 30.0 Å². The fraction of sp³-hybridized carbons (Fsp3) is 0.655. The van der Waals surface area contributed by atoms with Gasteiger partial charge in [-0.05, 0) is 45.1 Å². The van der Waals surface area contributed by atoms with Crippen LogP contribution >= 0.6 is 0 Å². The molecule has 1 unspecified atom stereocenters. The summed E-state index contributed by atoms with van der Waals surface area (Å²) in [6.07, 6.45) is 6.13. The van der Waals surface area contributed by atoms with Crippen LogP contribution in [0.3, 0.4) is 0 Å². The van der Waals surface area contributed by atoms with Crippen LogP contribution in [0, 0.1) is 0 Å². The highest BCUT2D eigenvalue weighted by molar-refractivity contribution is 6.01. The number of carbonyl (C=O) groups is 2. The van der Waals surface area contributed by atoms with Crippen molar-refractivity contribution in [1.82, 2.24) is 4.90 Å². The first-order valence-electron chi connectivity index (χ1n) is 12.8. The number of carbonyl (C=O) groups excluding carboxylic acids is 2. The van der Waals surface area contributed by atoms with Crippen molar-refractivity contribution in [2.24, 2.45) is 0 Å². The third-order valence-corrected chi connectivity index (χ3v) is 4.97. The Hall–Kier alpha value is -2.54. The molecule has 1 amide bonds. The minimum Gasteiger partial charge on any atom is -0.493 e. The summed E-state index contributed by atoms with van der Waals surface area (Å²) in [7, 11) is 4.81. The molecule has 0 bridgehead atoms. The van der Waals surface area contributed by atoms with Gasteiger partial charge >= 0.3 is 0 Å². The third kappa shape index (κ3) is 13.5. The number of methoxy groups -OCH3 is 2. The zero-order chi connectivity index (χ0) is 27.2. The maximum Gasteiger partial charge on any atom is 0.256 e. The molecule has 0 radical (unpaired) electrons. The largest absolute Gasteiger partial charge is 0.493 e. The lowest BCUT2D eigenvalue weighted by Crippen LogP contribution is -2.43. The summed E-state index contributed by atoms with van der Waals surface area (Å²) in [5, 5.41) is 3.19. The smallest absolute Gasteiger partial charge is 0.256 e. The Morgan fingerprint density at radius 2 is 1.75 bits per heavy atom. The molecule has 1 N–H and O–H groups in total. The summed E-state index contributed by atoms with van der Waals surface area (Å²) in [5.74, 6) is 1.05. The minimum absolute atomic E-state index is 0. The molecule has 0 saturated carbocycles. The number of nitrogens with one attached hydrogen (secondary N) is 1. The normalized spacial score (nSPS) is 13.6. The number of hydrogen-bond acceptors (Lipinski definition) is 6. The first-order valence-corrected chi connectivity index (χ1v) is 12.8. The van der Waals surface area contributed by atoms with Gasteiger partial charge < -0.3 is 29.2 Å². The molecular weight excluding hydrogens is 456 g/mol. The number of nitrogens with zero attached hydrogens (tertiary/aromatic N) is 1. The van der Waals surface area contributed by atoms with Gasteiger partial charge in [-0.1, -0.05) is 48.6 Å². The van der Waals surface area contributed by atoms with Crippen LogP contribution in [0.25, 0.3) is 0 Å². The molecular formula is C29H54N2O5. The second-order valence-corrected chi connectivity index (χ2v) is 7.58. The van der Waals surface area contributed by atoms with E-state index in [0.717, 1.165) is 44.2 Å². The second kappa shape index (κ2) is 24.2. The monoisotopic (exact) mass is 510 g/mol. The molecule has 36 heavy (non-hydrogen) atoms. The topological polar surface area (TPSA) is 77.1 Å². The van der Waals surface area contributed by atoms with Crippen molar-refractivity contribution in [3.8, 4) is 11.5 Å². The Morgan fingerprint density at radius 1 is 1.14 bits per heavy atom. The molecule has 7 heteroatoms. The zero-order valence-corrected chi connectivity index (χ0v) is 23.7. The summed E-state index contributed by atoms with van der Waals surface area (Å²) in [5.41, 5.74) is 1.95. The number of ether oxygens (including phenoxy) is 3. The van der Waals surface area contributed by atoms with Gasteiger partial charge in [0.05, 0.1) is 25.0 Å². The molecule has 1 aliphatic heterocycles. The van der Waals surface area contributed by atoms with E-state index in [1.807, 2.05) is 39.5 Å². The molecule has 1 heterocycles. The van der Waals surface area contributed by atoms with Gasteiger partial charge in [-0.3, -0.25) is 4.79 Å². The van der Waals surface area contributed by atoms with Crippen LogP contribution in [0.15, 0.2) is 24.4 Å². The van der Waals surface area contributed by atoms with E-state index in [-0.39, 0.29) is 19.4 Å². The molecule has 0 spiro atoms. The van der Waals surface area contributed by atoms with E-state index in [2.05, 4.69) is 23.6 Å². The highest BCUT2D eigenvalue weighted by Gasteiger charge is 2.28. The Bertz CT molecular complexity index is 722. The van der Waals surface area contributed by atoms with Crippen LogP contribution in [0.2, 0.25) is 0 Å². The zero-order valence-electron chi connectivity index (χ0n) is 23.7. The fourth-order valence-corrected chi connectivity index (χ4v) is 3.54. The van der Waals surface area contributed by atoms with Gasteiger partial charge in [-0.2, -0.15) is 0 Å². The summed E-state index contributed by atoms with van der Waals surface area (Å²) in [4.78, 5) is 25.8. The van der Waals surface area contributed by atoms with Gasteiger partial charge in [0.1, 0.15) is 6.29 Å². The Balaban J connectivity index is -0.00000124. The average Bonchev–Trinajstić information content (AvgIpc) is 2.88. The molecule has 0 aliphatic carbocycles. The predicted molar refractivity (Wildman–Crippen MR) is 154 cm³/mol. The number of rotatable bonds is 10. The minimum atomic E-state index is 0. The second-order valence-electron chi connectivity index (χ2n) is 7.58. The lowest BCUT2D eigenvalue weighted by molar-refractivity contribution is -0.108. The number of unbranched alkanes of at least 4 members (excludes halogenated alkanes) is 1. The number of benzene rings is 1. The summed E-state index contributed by atoms with van der Waals surface area (Å²) in [6, 6.07) is 3.79. The van der Waals surface area contributed by atoms with Crippen LogP contribution in [0.1, 0.15) is 97.9 Å². The SMILES string of the molecule is C.C=C(C)Nc1cc(OCCCC=O)c(OC)cc1C(=O)N1CCCCC1CC.CC.CC.COC. The average molecular weight is 511 g/mol. The molecule has 1 saturated heterocycles. The fourth-order valence-electron chi connectivity index (χ4n) is 3.54. The first kappa shape index (κ1) is 38.0. The van der Waals surface area contributed by atoms with Crippen LogP contribution in [0.4, 0.5) is 5.69 Å². The van der Waals surface area contributed by atoms with Gasteiger partial charge in [0.25, 0.3) is 5.91 Å². The molecule has 210 valence electrons. The van der Waals surface area contributed by atoms with Crippen molar-refractivity contribution in [1.29, 1.82) is 0 Å². The van der Waals surface area contributed by atoms with Gasteiger partial charge in [-0.15, -0.1) is 0 Å². The Labute approximate surface area is 221 Å². The van der Waals surface area contributed by atoms with E-state index in [9.17, 15) is 9.59 Å². The maximum absolute atomic E-state index is 13.4. The van der Waals surface area contributed by atoms with E-state index in [0.29, 0.717) is 42.2 Å². The lowest BCUT2D eigenvalue weighted by Gasteiger charge is -2.36. The standard InChI is InChI=1S/C22H32N2O4.C2H6O.2C2H6.CH4/c1-5-17-10-6-7-11-24(17)22(26)18-14-20(27-4)21(28-13-9-8-12-25)15-19(18)23-16(2)3;1-3-2;2*1-2;/h12,14-15,17,23H,2,5-11,13H2,1,3-4H3;1-2H3;2*1-2H3;1H4. The quantitative estimate of drug-likeness (QED) is 0.262. The molecule has 2 rings (SSSR count). The highest BCUT2D eigenvalue weighted by Crippen LogP contribution is 2.36. The highest BCUT2D eigenvalue weighted by atomic mass is 16.5. The number of allylic oxidation sites excluding steroid dienone is 1. The van der Waals surface area contributed by atoms with E-state index in [1.54, 1.807) is 33.5 Å². The predicted octanol–water partition coefficient (Wildman–Crippen LogP) is 7.35. The van der Waals surface area contributed by atoms with E-state index in [4.69, 9.17) is 9.47 Å². The molecule has 1 aromatic rings. The lowest BCUT2D eigenvalue weighted by atomic mass is 9.98. The molecule has 1 aromatic carbocycles. The third-order valence-electron chi connectivity index (χ3n) is 4.97. The number of hydrogen-bond donors (Lipinski definition) is 1. The molecule has 7 nitrogen and oxygen atoms in total. The van der Waals surface area contributed by atoms with E-state index >= 15 is 0 Å². The van der Waals surface area contributed by atoms with Crippen LogP contribution < -0.4 is 14.8 Å². The number of likely N-dealkylation sites (tertiary alicyclic amines) is 1. The van der Waals surface area contributed by atoms with Gasteiger partial charge in [-0.25, -0.2) is 0 Å². The Morgan fingerprint density at radius 3 is 2.25 bits per heavy atom. The van der Waals surface area contributed by atoms with Gasteiger partial charge in [0.15, 0.2) is 11.5 Å². The van der Waals surface area contributed by atoms with Crippen LogP contribution in [-0.4, -0.2) is 57.6 Å². The van der Waals surface area contributed by atoms with E-state index < -0.39 is 0 Å². The molecule has 1 atom stereocenters. The molecule has 1 fully saturated rings. The molecule has 1 aliphatic rings. The maximum atomic E-state index is 13.4. The van der Waals surface area contributed by atoms with E-state index in [1.165, 1.54) is 0 Å².